The highest BCUT2D eigenvalue weighted by Gasteiger charge is 2.13. The van der Waals surface area contributed by atoms with Crippen molar-refractivity contribution in [1.82, 2.24) is 4.98 Å². The smallest absolute Gasteiger partial charge is 0.250 e. The molecule has 19 heavy (non-hydrogen) atoms. The van der Waals surface area contributed by atoms with Crippen LogP contribution in [0.4, 0.5) is 8.78 Å². The van der Waals surface area contributed by atoms with E-state index in [0.29, 0.717) is 0 Å². The van der Waals surface area contributed by atoms with Crippen molar-refractivity contribution >= 4 is 5.91 Å². The summed E-state index contributed by atoms with van der Waals surface area (Å²) in [6.07, 6.45) is 1.24. The number of pyridine rings is 1. The third kappa shape index (κ3) is 2.67. The number of rotatable bonds is 3. The molecule has 4 nitrogen and oxygen atoms in total. The normalized spacial score (nSPS) is 10.3. The lowest BCUT2D eigenvalue weighted by Gasteiger charge is -2.09. The molecule has 0 unspecified atom stereocenters. The Morgan fingerprint density at radius 1 is 1.21 bits per heavy atom. The first-order chi connectivity index (χ1) is 9.01. The van der Waals surface area contributed by atoms with Crippen LogP contribution in [0, 0.1) is 11.6 Å². The lowest BCUT2D eigenvalue weighted by molar-refractivity contribution is 0.1000. The van der Waals surface area contributed by atoms with Crippen LogP contribution in [0.1, 0.15) is 10.4 Å². The SMILES string of the molecule is COc1ncc(C(N)=O)cc1-c1cc(F)cc(F)c1. The molecule has 0 aliphatic heterocycles. The Morgan fingerprint density at radius 3 is 2.37 bits per heavy atom. The highest BCUT2D eigenvalue weighted by molar-refractivity contribution is 5.94. The molecule has 1 aromatic carbocycles. The maximum Gasteiger partial charge on any atom is 0.250 e. The molecular formula is C13H10F2N2O2. The van der Waals surface area contributed by atoms with Gasteiger partial charge in [-0.15, -0.1) is 0 Å². The number of amides is 1. The first-order valence-electron chi connectivity index (χ1n) is 5.31. The molecule has 0 atom stereocenters. The van der Waals surface area contributed by atoms with Crippen LogP contribution >= 0.6 is 0 Å². The predicted molar refractivity (Wildman–Crippen MR) is 64.7 cm³/mol. The number of carbonyl (C=O) groups is 1. The summed E-state index contributed by atoms with van der Waals surface area (Å²) in [6, 6.07) is 4.37. The van der Waals surface area contributed by atoms with Gasteiger partial charge in [0, 0.05) is 17.8 Å². The molecule has 0 bridgehead atoms. The summed E-state index contributed by atoms with van der Waals surface area (Å²) < 4.78 is 31.4. The van der Waals surface area contributed by atoms with E-state index in [-0.39, 0.29) is 22.6 Å². The van der Waals surface area contributed by atoms with E-state index in [2.05, 4.69) is 4.98 Å². The molecule has 0 fully saturated rings. The summed E-state index contributed by atoms with van der Waals surface area (Å²) in [5, 5.41) is 0. The van der Waals surface area contributed by atoms with Gasteiger partial charge in [0.15, 0.2) is 0 Å². The van der Waals surface area contributed by atoms with E-state index in [4.69, 9.17) is 10.5 Å². The highest BCUT2D eigenvalue weighted by atomic mass is 19.1. The quantitative estimate of drug-likeness (QED) is 0.923. The van der Waals surface area contributed by atoms with Crippen molar-refractivity contribution in [2.45, 2.75) is 0 Å². The van der Waals surface area contributed by atoms with Gasteiger partial charge in [-0.05, 0) is 23.8 Å². The lowest BCUT2D eigenvalue weighted by Crippen LogP contribution is -2.11. The van der Waals surface area contributed by atoms with Crippen LogP contribution in [0.5, 0.6) is 5.88 Å². The molecule has 0 radical (unpaired) electrons. The minimum absolute atomic E-state index is 0.125. The molecule has 2 aromatic rings. The van der Waals surface area contributed by atoms with E-state index in [9.17, 15) is 13.6 Å². The van der Waals surface area contributed by atoms with Gasteiger partial charge < -0.3 is 10.5 Å². The van der Waals surface area contributed by atoms with E-state index >= 15 is 0 Å². The van der Waals surface area contributed by atoms with Gasteiger partial charge >= 0.3 is 0 Å². The fourth-order valence-corrected chi connectivity index (χ4v) is 1.67. The maximum atomic E-state index is 13.2. The number of halogens is 2. The summed E-state index contributed by atoms with van der Waals surface area (Å²) in [6.45, 7) is 0. The van der Waals surface area contributed by atoms with Crippen molar-refractivity contribution in [1.29, 1.82) is 0 Å². The number of aromatic nitrogens is 1. The van der Waals surface area contributed by atoms with Crippen molar-refractivity contribution in [3.05, 3.63) is 47.7 Å². The molecule has 2 N–H and O–H groups in total. The highest BCUT2D eigenvalue weighted by Crippen LogP contribution is 2.29. The average molecular weight is 264 g/mol. The van der Waals surface area contributed by atoms with Gasteiger partial charge in [0.05, 0.1) is 12.7 Å². The molecule has 0 saturated heterocycles. The third-order valence-corrected chi connectivity index (χ3v) is 2.50. The number of methoxy groups -OCH3 is 1. The van der Waals surface area contributed by atoms with Crippen molar-refractivity contribution in [2.75, 3.05) is 7.11 Å². The van der Waals surface area contributed by atoms with Crippen LogP contribution in [0.25, 0.3) is 11.1 Å². The van der Waals surface area contributed by atoms with Gasteiger partial charge in [0.25, 0.3) is 0 Å². The summed E-state index contributed by atoms with van der Waals surface area (Å²) >= 11 is 0. The molecule has 0 aliphatic rings. The zero-order valence-corrected chi connectivity index (χ0v) is 9.98. The van der Waals surface area contributed by atoms with Crippen LogP contribution in [0.3, 0.4) is 0 Å². The Balaban J connectivity index is 2.64. The molecular weight excluding hydrogens is 254 g/mol. The molecule has 0 aliphatic carbocycles. The van der Waals surface area contributed by atoms with Gasteiger partial charge in [-0.2, -0.15) is 0 Å². The zero-order valence-electron chi connectivity index (χ0n) is 9.98. The Morgan fingerprint density at radius 2 is 1.84 bits per heavy atom. The number of nitrogens with two attached hydrogens (primary N) is 1. The largest absolute Gasteiger partial charge is 0.481 e. The van der Waals surface area contributed by atoms with Gasteiger partial charge in [0.2, 0.25) is 11.8 Å². The van der Waals surface area contributed by atoms with Crippen LogP contribution in [-0.2, 0) is 0 Å². The average Bonchev–Trinajstić information content (AvgIpc) is 2.36. The second-order valence-corrected chi connectivity index (χ2v) is 3.80. The van der Waals surface area contributed by atoms with Gasteiger partial charge in [-0.1, -0.05) is 0 Å². The van der Waals surface area contributed by atoms with Crippen LogP contribution < -0.4 is 10.5 Å². The van der Waals surface area contributed by atoms with Gasteiger partial charge in [0.1, 0.15) is 11.6 Å². The maximum absolute atomic E-state index is 13.2. The van der Waals surface area contributed by atoms with Gasteiger partial charge in [-0.25, -0.2) is 13.8 Å². The van der Waals surface area contributed by atoms with Crippen molar-refractivity contribution in [3.8, 4) is 17.0 Å². The third-order valence-electron chi connectivity index (χ3n) is 2.50. The van der Waals surface area contributed by atoms with Crippen molar-refractivity contribution < 1.29 is 18.3 Å². The Labute approximate surface area is 107 Å². The number of carbonyl (C=O) groups excluding carboxylic acids is 1. The number of nitrogens with zero attached hydrogens (tertiary/aromatic N) is 1. The molecule has 0 spiro atoms. The van der Waals surface area contributed by atoms with E-state index in [1.807, 2.05) is 0 Å². The minimum atomic E-state index is -0.735. The zero-order chi connectivity index (χ0) is 14.0. The first kappa shape index (κ1) is 12.9. The number of primary amides is 1. The number of hydrogen-bond acceptors (Lipinski definition) is 3. The molecule has 1 amide bonds. The summed E-state index contributed by atoms with van der Waals surface area (Å²) in [7, 11) is 1.37. The summed E-state index contributed by atoms with van der Waals surface area (Å²) in [4.78, 5) is 15.0. The van der Waals surface area contributed by atoms with Crippen LogP contribution in [0.15, 0.2) is 30.5 Å². The fraction of sp³-hybridized carbons (Fsp3) is 0.0769. The van der Waals surface area contributed by atoms with Crippen LogP contribution in [0.2, 0.25) is 0 Å². The van der Waals surface area contributed by atoms with Crippen molar-refractivity contribution in [2.24, 2.45) is 5.73 Å². The molecule has 1 heterocycles. The second-order valence-electron chi connectivity index (χ2n) is 3.80. The molecule has 0 saturated carbocycles. The monoisotopic (exact) mass is 264 g/mol. The Hall–Kier alpha value is -2.50. The summed E-state index contributed by atoms with van der Waals surface area (Å²) in [5.74, 6) is -2.01. The predicted octanol–water partition coefficient (Wildman–Crippen LogP) is 2.13. The van der Waals surface area contributed by atoms with E-state index in [1.165, 1.54) is 19.4 Å². The van der Waals surface area contributed by atoms with E-state index < -0.39 is 17.5 Å². The van der Waals surface area contributed by atoms with Gasteiger partial charge in [-0.3, -0.25) is 4.79 Å². The Bertz CT molecular complexity index is 624. The standard InChI is InChI=1S/C13H10F2N2O2/c1-19-13-11(4-8(6-17-13)12(16)18)7-2-9(14)5-10(15)3-7/h2-6H,1H3,(H2,16,18). The van der Waals surface area contributed by atoms with Crippen LogP contribution in [-0.4, -0.2) is 18.0 Å². The number of benzene rings is 1. The number of ether oxygens (including phenoxy) is 1. The molecule has 1 aromatic heterocycles. The second kappa shape index (κ2) is 5.01. The molecule has 6 heteroatoms. The lowest BCUT2D eigenvalue weighted by atomic mass is 10.0. The summed E-state index contributed by atoms with van der Waals surface area (Å²) in [5.41, 5.74) is 5.77. The molecule has 2 rings (SSSR count). The topological polar surface area (TPSA) is 65.2 Å². The minimum Gasteiger partial charge on any atom is -0.481 e. The Kier molecular flexibility index (Phi) is 3.41. The number of hydrogen-bond donors (Lipinski definition) is 1. The van der Waals surface area contributed by atoms with E-state index in [1.54, 1.807) is 0 Å². The van der Waals surface area contributed by atoms with Crippen molar-refractivity contribution in [3.63, 3.8) is 0 Å². The van der Waals surface area contributed by atoms with E-state index in [0.717, 1.165) is 18.2 Å². The first-order valence-corrected chi connectivity index (χ1v) is 5.31. The fourth-order valence-electron chi connectivity index (χ4n) is 1.67. The molecule has 98 valence electrons.